The Morgan fingerprint density at radius 2 is 1.38 bits per heavy atom. The molecule has 0 spiro atoms. The Morgan fingerprint density at radius 3 is 2.14 bits per heavy atom. The van der Waals surface area contributed by atoms with Crippen LogP contribution in [-0.4, -0.2) is 41.3 Å². The molecule has 0 radical (unpaired) electrons. The Kier molecular flexibility index (Phi) is 4.48. The van der Waals surface area contributed by atoms with Gasteiger partial charge in [0.25, 0.3) is 0 Å². The first kappa shape index (κ1) is 17.5. The van der Waals surface area contributed by atoms with Gasteiger partial charge in [-0.3, -0.25) is 4.98 Å². The zero-order valence-electron chi connectivity index (χ0n) is 16.1. The van der Waals surface area contributed by atoms with E-state index in [4.69, 9.17) is 4.98 Å². The van der Waals surface area contributed by atoms with Gasteiger partial charge in [0.1, 0.15) is 11.6 Å². The maximum Gasteiger partial charge on any atom is 0.147 e. The molecular formula is C24H22N4O. The van der Waals surface area contributed by atoms with E-state index in [1.165, 1.54) is 5.69 Å². The molecule has 1 aliphatic rings. The molecule has 1 N–H and O–H groups in total. The second-order valence-corrected chi connectivity index (χ2v) is 7.29. The summed E-state index contributed by atoms with van der Waals surface area (Å²) in [5, 5.41) is 9.52. The quantitative estimate of drug-likeness (QED) is 0.572. The number of aromatic nitrogens is 2. The van der Waals surface area contributed by atoms with Crippen molar-refractivity contribution in [3.8, 4) is 16.9 Å². The zero-order valence-corrected chi connectivity index (χ0v) is 16.1. The lowest BCUT2D eigenvalue weighted by atomic mass is 10.0. The van der Waals surface area contributed by atoms with Crippen molar-refractivity contribution in [1.29, 1.82) is 0 Å². The Labute approximate surface area is 169 Å². The SMILES string of the molecule is Oc1ccc(-c2ccc3ncc(N4CCN(c5ccccc5)CC4)nc3c2)cc1. The Balaban J connectivity index is 1.37. The van der Waals surface area contributed by atoms with E-state index >= 15 is 0 Å². The number of para-hydroxylation sites is 1. The normalized spacial score (nSPS) is 14.3. The van der Waals surface area contributed by atoms with Crippen molar-refractivity contribution in [2.75, 3.05) is 36.0 Å². The van der Waals surface area contributed by atoms with Crippen molar-refractivity contribution < 1.29 is 5.11 Å². The highest BCUT2D eigenvalue weighted by Gasteiger charge is 2.19. The van der Waals surface area contributed by atoms with Crippen LogP contribution in [0.4, 0.5) is 11.5 Å². The molecule has 0 unspecified atom stereocenters. The molecule has 5 heteroatoms. The van der Waals surface area contributed by atoms with Gasteiger partial charge < -0.3 is 14.9 Å². The van der Waals surface area contributed by atoms with Gasteiger partial charge in [-0.15, -0.1) is 0 Å². The maximum atomic E-state index is 9.52. The molecule has 0 bridgehead atoms. The summed E-state index contributed by atoms with van der Waals surface area (Å²) >= 11 is 0. The van der Waals surface area contributed by atoms with Crippen molar-refractivity contribution in [1.82, 2.24) is 9.97 Å². The molecule has 2 heterocycles. The average molecular weight is 382 g/mol. The van der Waals surface area contributed by atoms with Gasteiger partial charge in [-0.25, -0.2) is 4.98 Å². The highest BCUT2D eigenvalue weighted by Crippen LogP contribution is 2.26. The summed E-state index contributed by atoms with van der Waals surface area (Å²) in [4.78, 5) is 14.2. The highest BCUT2D eigenvalue weighted by molar-refractivity contribution is 5.82. The topological polar surface area (TPSA) is 52.5 Å². The second kappa shape index (κ2) is 7.43. The number of hydrogen-bond donors (Lipinski definition) is 1. The minimum Gasteiger partial charge on any atom is -0.508 e. The molecule has 0 amide bonds. The lowest BCUT2D eigenvalue weighted by Gasteiger charge is -2.36. The number of phenolic OH excluding ortho intramolecular Hbond substituents is 1. The van der Waals surface area contributed by atoms with E-state index in [1.54, 1.807) is 12.1 Å². The number of rotatable bonds is 3. The van der Waals surface area contributed by atoms with Gasteiger partial charge in [-0.2, -0.15) is 0 Å². The van der Waals surface area contributed by atoms with Crippen LogP contribution in [0.15, 0.2) is 79.0 Å². The van der Waals surface area contributed by atoms with E-state index in [0.29, 0.717) is 0 Å². The van der Waals surface area contributed by atoms with Gasteiger partial charge in [0, 0.05) is 31.9 Å². The maximum absolute atomic E-state index is 9.52. The fourth-order valence-electron chi connectivity index (χ4n) is 3.82. The minimum atomic E-state index is 0.270. The molecule has 29 heavy (non-hydrogen) atoms. The largest absolute Gasteiger partial charge is 0.508 e. The van der Waals surface area contributed by atoms with E-state index in [9.17, 15) is 5.11 Å². The van der Waals surface area contributed by atoms with Crippen LogP contribution in [0.2, 0.25) is 0 Å². The van der Waals surface area contributed by atoms with Crippen LogP contribution in [0.3, 0.4) is 0 Å². The van der Waals surface area contributed by atoms with Crippen molar-refractivity contribution in [3.05, 3.63) is 79.0 Å². The molecule has 3 aromatic carbocycles. The fourth-order valence-corrected chi connectivity index (χ4v) is 3.82. The van der Waals surface area contributed by atoms with Crippen LogP contribution in [0.25, 0.3) is 22.2 Å². The van der Waals surface area contributed by atoms with Crippen LogP contribution < -0.4 is 9.80 Å². The van der Waals surface area contributed by atoms with Gasteiger partial charge in [0.2, 0.25) is 0 Å². The zero-order chi connectivity index (χ0) is 19.6. The van der Waals surface area contributed by atoms with Crippen LogP contribution in [-0.2, 0) is 0 Å². The summed E-state index contributed by atoms with van der Waals surface area (Å²) in [6.45, 7) is 3.79. The third-order valence-corrected chi connectivity index (χ3v) is 5.46. The molecule has 5 nitrogen and oxygen atoms in total. The number of benzene rings is 3. The molecule has 1 aromatic heterocycles. The van der Waals surface area contributed by atoms with Gasteiger partial charge in [-0.1, -0.05) is 36.4 Å². The summed E-state index contributed by atoms with van der Waals surface area (Å²) in [6.07, 6.45) is 1.88. The number of hydrogen-bond acceptors (Lipinski definition) is 5. The highest BCUT2D eigenvalue weighted by atomic mass is 16.3. The van der Waals surface area contributed by atoms with E-state index < -0.39 is 0 Å². The number of piperazine rings is 1. The standard InChI is InChI=1S/C24H22N4O/c29-21-9-6-18(7-10-21)19-8-11-22-23(16-19)26-24(17-25-22)28-14-12-27(13-15-28)20-4-2-1-3-5-20/h1-11,16-17,29H,12-15H2. The second-order valence-electron chi connectivity index (χ2n) is 7.29. The van der Waals surface area contributed by atoms with Crippen LogP contribution in [0.1, 0.15) is 0 Å². The Bertz CT molecular complexity index is 1120. The summed E-state index contributed by atoms with van der Waals surface area (Å²) in [5.74, 6) is 1.19. The van der Waals surface area contributed by atoms with Crippen molar-refractivity contribution >= 4 is 22.5 Å². The molecular weight excluding hydrogens is 360 g/mol. The first-order valence-corrected chi connectivity index (χ1v) is 9.87. The lowest BCUT2D eigenvalue weighted by Crippen LogP contribution is -2.46. The number of fused-ring (bicyclic) bond motifs is 1. The summed E-state index contributed by atoms with van der Waals surface area (Å²) in [5.41, 5.74) is 5.17. The predicted molar refractivity (Wildman–Crippen MR) is 118 cm³/mol. The van der Waals surface area contributed by atoms with Crippen LogP contribution >= 0.6 is 0 Å². The first-order chi connectivity index (χ1) is 14.3. The predicted octanol–water partition coefficient (Wildman–Crippen LogP) is 4.33. The van der Waals surface area contributed by atoms with Crippen molar-refractivity contribution in [2.45, 2.75) is 0 Å². The molecule has 1 saturated heterocycles. The minimum absolute atomic E-state index is 0.270. The first-order valence-electron chi connectivity index (χ1n) is 9.87. The van der Waals surface area contributed by atoms with Gasteiger partial charge in [0.15, 0.2) is 0 Å². The van der Waals surface area contributed by atoms with E-state index in [1.807, 2.05) is 30.5 Å². The third-order valence-electron chi connectivity index (χ3n) is 5.46. The Hall–Kier alpha value is -3.60. The van der Waals surface area contributed by atoms with Crippen molar-refractivity contribution in [3.63, 3.8) is 0 Å². The number of nitrogens with zero attached hydrogens (tertiary/aromatic N) is 4. The Morgan fingerprint density at radius 1 is 0.690 bits per heavy atom. The van der Waals surface area contributed by atoms with Gasteiger partial charge in [-0.05, 0) is 47.5 Å². The molecule has 0 saturated carbocycles. The van der Waals surface area contributed by atoms with Gasteiger partial charge in [0.05, 0.1) is 17.2 Å². The summed E-state index contributed by atoms with van der Waals surface area (Å²) in [7, 11) is 0. The molecule has 144 valence electrons. The smallest absolute Gasteiger partial charge is 0.147 e. The number of anilines is 2. The van der Waals surface area contributed by atoms with Crippen molar-refractivity contribution in [2.24, 2.45) is 0 Å². The monoisotopic (exact) mass is 382 g/mol. The summed E-state index contributed by atoms with van der Waals surface area (Å²) in [6, 6.07) is 23.9. The van der Waals surface area contributed by atoms with E-state index in [-0.39, 0.29) is 5.75 Å². The molecule has 4 aromatic rings. The van der Waals surface area contributed by atoms with Crippen LogP contribution in [0.5, 0.6) is 5.75 Å². The number of phenols is 1. The molecule has 0 atom stereocenters. The summed E-state index contributed by atoms with van der Waals surface area (Å²) < 4.78 is 0. The van der Waals surface area contributed by atoms with Gasteiger partial charge >= 0.3 is 0 Å². The molecule has 1 aliphatic heterocycles. The average Bonchev–Trinajstić information content (AvgIpc) is 2.79. The van der Waals surface area contributed by atoms with E-state index in [2.05, 4.69) is 51.2 Å². The lowest BCUT2D eigenvalue weighted by molar-refractivity contribution is 0.475. The molecule has 1 fully saturated rings. The van der Waals surface area contributed by atoms with Crippen LogP contribution in [0, 0.1) is 0 Å². The van der Waals surface area contributed by atoms with E-state index in [0.717, 1.165) is 54.2 Å². The fraction of sp³-hybridized carbons (Fsp3) is 0.167. The molecule has 5 rings (SSSR count). The third kappa shape index (κ3) is 3.59. The molecule has 0 aliphatic carbocycles. The number of aromatic hydroxyl groups is 1.